The molecule has 3 heterocycles. The van der Waals surface area contributed by atoms with Crippen LogP contribution in [0, 0.1) is 0 Å². The van der Waals surface area contributed by atoms with Crippen molar-refractivity contribution in [3.63, 3.8) is 0 Å². The van der Waals surface area contributed by atoms with Crippen molar-refractivity contribution in [3.05, 3.63) is 99.9 Å². The van der Waals surface area contributed by atoms with Gasteiger partial charge in [0.05, 0.1) is 27.5 Å². The van der Waals surface area contributed by atoms with Gasteiger partial charge in [0.25, 0.3) is 5.91 Å². The molecule has 1 unspecified atom stereocenters. The average Bonchev–Trinajstić information content (AvgIpc) is 3.25. The molecule has 33 heavy (non-hydrogen) atoms. The number of allylic oxidation sites excluding steroid dienone is 1. The van der Waals surface area contributed by atoms with E-state index in [9.17, 15) is 4.79 Å². The molecule has 164 valence electrons. The zero-order valence-electron chi connectivity index (χ0n) is 17.5. The van der Waals surface area contributed by atoms with Gasteiger partial charge in [-0.25, -0.2) is 4.68 Å². The summed E-state index contributed by atoms with van der Waals surface area (Å²) >= 11 is 12.5. The lowest BCUT2D eigenvalue weighted by molar-refractivity contribution is -0.113. The molecule has 2 N–H and O–H groups in total. The maximum Gasteiger partial charge on any atom is 0.255 e. The summed E-state index contributed by atoms with van der Waals surface area (Å²) in [7, 11) is 0. The number of hydrogen-bond donors (Lipinski definition) is 2. The molecule has 7 nitrogen and oxygen atoms in total. The van der Waals surface area contributed by atoms with Gasteiger partial charge < -0.3 is 10.6 Å². The van der Waals surface area contributed by atoms with Crippen LogP contribution in [0.5, 0.6) is 0 Å². The molecule has 0 saturated heterocycles. The van der Waals surface area contributed by atoms with Crippen LogP contribution in [0.3, 0.4) is 0 Å². The minimum absolute atomic E-state index is 0.286. The molecule has 1 aliphatic heterocycles. The Hall–Kier alpha value is -3.68. The van der Waals surface area contributed by atoms with Crippen molar-refractivity contribution < 1.29 is 4.79 Å². The molecule has 1 atom stereocenters. The SMILES string of the molecule is CC1=C(C(=O)Nc2cccnc2)C(c2ccc(Cl)c(Cl)c2)n2nc(-c3ccccc3)nc2N1. The molecule has 1 aliphatic rings. The number of halogens is 2. The molecule has 0 radical (unpaired) electrons. The van der Waals surface area contributed by atoms with E-state index in [1.165, 1.54) is 0 Å². The number of aromatic nitrogens is 4. The van der Waals surface area contributed by atoms with Crippen LogP contribution in [0.15, 0.2) is 84.3 Å². The minimum Gasteiger partial charge on any atom is -0.328 e. The normalized spacial score (nSPS) is 15.1. The maximum absolute atomic E-state index is 13.4. The van der Waals surface area contributed by atoms with Crippen LogP contribution in [0.25, 0.3) is 11.4 Å². The van der Waals surface area contributed by atoms with E-state index < -0.39 is 6.04 Å². The molecular formula is C24H18Cl2N6O. The molecule has 0 saturated carbocycles. The predicted octanol–water partition coefficient (Wildman–Crippen LogP) is 5.57. The van der Waals surface area contributed by atoms with E-state index in [2.05, 4.69) is 20.6 Å². The van der Waals surface area contributed by atoms with Crippen molar-refractivity contribution >= 4 is 40.7 Å². The molecule has 1 amide bonds. The fraction of sp³-hybridized carbons (Fsp3) is 0.0833. The second kappa shape index (κ2) is 8.69. The van der Waals surface area contributed by atoms with Gasteiger partial charge in [-0.05, 0) is 36.8 Å². The number of nitrogens with one attached hydrogen (secondary N) is 2. The van der Waals surface area contributed by atoms with Gasteiger partial charge in [0.2, 0.25) is 5.95 Å². The van der Waals surface area contributed by atoms with Crippen molar-refractivity contribution in [1.82, 2.24) is 19.7 Å². The molecule has 0 spiro atoms. The van der Waals surface area contributed by atoms with E-state index in [0.717, 1.165) is 11.1 Å². The highest BCUT2D eigenvalue weighted by molar-refractivity contribution is 6.42. The molecule has 5 rings (SSSR count). The number of benzene rings is 2. The van der Waals surface area contributed by atoms with Gasteiger partial charge >= 0.3 is 0 Å². The zero-order chi connectivity index (χ0) is 22.9. The number of amides is 1. The van der Waals surface area contributed by atoms with E-state index >= 15 is 0 Å². The lowest BCUT2D eigenvalue weighted by atomic mass is 9.95. The Kier molecular flexibility index (Phi) is 5.58. The third-order valence-corrected chi connectivity index (χ3v) is 6.05. The third kappa shape index (κ3) is 4.08. The van der Waals surface area contributed by atoms with Crippen LogP contribution in [0.4, 0.5) is 11.6 Å². The second-order valence-corrected chi connectivity index (χ2v) is 8.32. The molecule has 0 bridgehead atoms. The highest BCUT2D eigenvalue weighted by Gasteiger charge is 2.34. The lowest BCUT2D eigenvalue weighted by Gasteiger charge is -2.28. The predicted molar refractivity (Wildman–Crippen MR) is 129 cm³/mol. The van der Waals surface area contributed by atoms with Crippen LogP contribution in [-0.2, 0) is 4.79 Å². The topological polar surface area (TPSA) is 84.7 Å². The highest BCUT2D eigenvalue weighted by Crippen LogP contribution is 2.38. The van der Waals surface area contributed by atoms with Gasteiger partial charge in [-0.1, -0.05) is 59.6 Å². The van der Waals surface area contributed by atoms with Gasteiger partial charge in [0.15, 0.2) is 5.82 Å². The molecule has 2 aromatic heterocycles. The zero-order valence-corrected chi connectivity index (χ0v) is 19.0. The number of carbonyl (C=O) groups is 1. The van der Waals surface area contributed by atoms with E-state index in [1.54, 1.807) is 41.3 Å². The summed E-state index contributed by atoms with van der Waals surface area (Å²) in [5.74, 6) is 0.789. The summed E-state index contributed by atoms with van der Waals surface area (Å²) in [4.78, 5) is 22.2. The first kappa shape index (κ1) is 21.2. The fourth-order valence-corrected chi connectivity index (χ4v) is 4.09. The summed E-state index contributed by atoms with van der Waals surface area (Å²) in [6.45, 7) is 1.84. The third-order valence-electron chi connectivity index (χ3n) is 5.31. The number of anilines is 2. The first-order valence-electron chi connectivity index (χ1n) is 10.2. The smallest absolute Gasteiger partial charge is 0.255 e. The minimum atomic E-state index is -0.572. The van der Waals surface area contributed by atoms with Crippen molar-refractivity contribution in [2.24, 2.45) is 0 Å². The van der Waals surface area contributed by atoms with Gasteiger partial charge in [-0.15, -0.1) is 5.10 Å². The maximum atomic E-state index is 13.4. The number of carbonyl (C=O) groups excluding carboxylic acids is 1. The Labute approximate surface area is 200 Å². The Morgan fingerprint density at radius 3 is 2.61 bits per heavy atom. The summed E-state index contributed by atoms with van der Waals surface area (Å²) in [5.41, 5.74) is 3.35. The first-order chi connectivity index (χ1) is 16.0. The Balaban J connectivity index is 1.63. The van der Waals surface area contributed by atoms with E-state index in [4.69, 9.17) is 28.3 Å². The van der Waals surface area contributed by atoms with Crippen molar-refractivity contribution in [2.75, 3.05) is 10.6 Å². The lowest BCUT2D eigenvalue weighted by Crippen LogP contribution is -2.31. The van der Waals surface area contributed by atoms with Crippen molar-refractivity contribution in [2.45, 2.75) is 13.0 Å². The molecule has 0 fully saturated rings. The monoisotopic (exact) mass is 476 g/mol. The largest absolute Gasteiger partial charge is 0.328 e. The van der Waals surface area contributed by atoms with Crippen LogP contribution in [0.1, 0.15) is 18.5 Å². The number of hydrogen-bond acceptors (Lipinski definition) is 5. The molecule has 4 aromatic rings. The van der Waals surface area contributed by atoms with Gasteiger partial charge in [-0.3, -0.25) is 9.78 Å². The quantitative estimate of drug-likeness (QED) is 0.401. The number of fused-ring (bicyclic) bond motifs is 1. The van der Waals surface area contributed by atoms with Crippen LogP contribution in [-0.4, -0.2) is 25.7 Å². The first-order valence-corrected chi connectivity index (χ1v) is 10.9. The van der Waals surface area contributed by atoms with Crippen molar-refractivity contribution in [3.8, 4) is 11.4 Å². The second-order valence-electron chi connectivity index (χ2n) is 7.51. The van der Waals surface area contributed by atoms with Gasteiger partial charge in [0.1, 0.15) is 6.04 Å². The summed E-state index contributed by atoms with van der Waals surface area (Å²) in [5, 5.41) is 11.7. The number of pyridine rings is 1. The standard InChI is InChI=1S/C24H18Cl2N6O/c1-14-20(23(33)29-17-8-5-11-27-13-17)21(16-9-10-18(25)19(26)12-16)32-24(28-14)30-22(31-32)15-6-3-2-4-7-15/h2-13,21H,1H3,(H,29,33)(H,28,30,31). The fourth-order valence-electron chi connectivity index (χ4n) is 3.78. The molecule has 9 heteroatoms. The summed E-state index contributed by atoms with van der Waals surface area (Å²) in [6, 6.07) is 17.9. The van der Waals surface area contributed by atoms with Crippen molar-refractivity contribution in [1.29, 1.82) is 0 Å². The van der Waals surface area contributed by atoms with E-state index in [0.29, 0.717) is 38.8 Å². The molecular weight excluding hydrogens is 459 g/mol. The Morgan fingerprint density at radius 1 is 1.06 bits per heavy atom. The number of rotatable bonds is 4. The average molecular weight is 477 g/mol. The van der Waals surface area contributed by atoms with Gasteiger partial charge in [-0.2, -0.15) is 4.98 Å². The molecule has 2 aromatic carbocycles. The van der Waals surface area contributed by atoms with Crippen LogP contribution in [0.2, 0.25) is 10.0 Å². The van der Waals surface area contributed by atoms with E-state index in [-0.39, 0.29) is 5.91 Å². The number of nitrogens with zero attached hydrogens (tertiary/aromatic N) is 4. The van der Waals surface area contributed by atoms with Gasteiger partial charge in [0, 0.05) is 17.5 Å². The van der Waals surface area contributed by atoms with E-state index in [1.807, 2.05) is 43.3 Å². The Bertz CT molecular complexity index is 1370. The van der Waals surface area contributed by atoms with Crippen LogP contribution >= 0.6 is 23.2 Å². The molecule has 0 aliphatic carbocycles. The highest BCUT2D eigenvalue weighted by atomic mass is 35.5. The summed E-state index contributed by atoms with van der Waals surface area (Å²) < 4.78 is 1.70. The van der Waals surface area contributed by atoms with Crippen LogP contribution < -0.4 is 10.6 Å². The Morgan fingerprint density at radius 2 is 1.88 bits per heavy atom. The summed E-state index contributed by atoms with van der Waals surface area (Å²) in [6.07, 6.45) is 3.24.